The normalized spacial score (nSPS) is 26.1. The Morgan fingerprint density at radius 2 is 1.70 bits per heavy atom. The Morgan fingerprint density at radius 1 is 1.04 bits per heavy atom. The summed E-state index contributed by atoms with van der Waals surface area (Å²) in [5.74, 6) is 0.328. The average molecular weight is 375 g/mol. The third-order valence-electron chi connectivity index (χ3n) is 5.69. The van der Waals surface area contributed by atoms with E-state index in [1.54, 1.807) is 18.2 Å². The topological polar surface area (TPSA) is 52.9 Å². The highest BCUT2D eigenvalue weighted by atomic mass is 19.1. The molecule has 1 aliphatic heterocycles. The van der Waals surface area contributed by atoms with Crippen LogP contribution >= 0.6 is 0 Å². The number of aliphatic hydroxyl groups excluding tert-OH is 1. The molecule has 2 N–H and O–H groups in total. The van der Waals surface area contributed by atoms with E-state index in [9.17, 15) is 19.0 Å². The van der Waals surface area contributed by atoms with Crippen LogP contribution in [0.3, 0.4) is 0 Å². The summed E-state index contributed by atoms with van der Waals surface area (Å²) in [5, 5.41) is 19.6. The Kier molecular flexibility index (Phi) is 5.02. The highest BCUT2D eigenvalue weighted by Gasteiger charge is 2.42. The van der Waals surface area contributed by atoms with Gasteiger partial charge in [-0.2, -0.15) is 0 Å². The number of β-amino-alcohol motifs (C(OH)–C–C–N with tert-alkyl or cyclic N) is 1. The van der Waals surface area contributed by atoms with E-state index in [0.29, 0.717) is 29.7 Å². The molecule has 2 aromatic carbocycles. The maximum Gasteiger partial charge on any atom is 0.165 e. The number of hydrogen-bond acceptors (Lipinski definition) is 4. The third-order valence-corrected chi connectivity index (χ3v) is 5.69. The Bertz CT molecular complexity index is 785. The standard InChI is InChI=1S/C21H23F2NO3/c22-16-2-4-17(5-3-16)27-18-7-14-10-24(11-15(14)8-18)12-21(26)13-1-6-20(25)19(23)9-13/h1-6,9,14-15,18,21,25-26H,7-8,10-12H2/t14-,15+,18-,21?. The molecule has 1 saturated carbocycles. The van der Waals surface area contributed by atoms with Crippen LogP contribution in [0.5, 0.6) is 11.5 Å². The summed E-state index contributed by atoms with van der Waals surface area (Å²) in [6.45, 7) is 2.21. The number of aromatic hydroxyl groups is 1. The number of fused-ring (bicyclic) bond motifs is 1. The minimum absolute atomic E-state index is 0.142. The van der Waals surface area contributed by atoms with Crippen molar-refractivity contribution in [3.8, 4) is 11.5 Å². The minimum atomic E-state index is -0.787. The van der Waals surface area contributed by atoms with E-state index in [1.165, 1.54) is 24.3 Å². The first-order valence-corrected chi connectivity index (χ1v) is 9.29. The molecular weight excluding hydrogens is 352 g/mol. The number of aliphatic hydroxyl groups is 1. The van der Waals surface area contributed by atoms with E-state index < -0.39 is 17.7 Å². The first kappa shape index (κ1) is 18.2. The lowest BCUT2D eigenvalue weighted by Gasteiger charge is -2.22. The minimum Gasteiger partial charge on any atom is -0.505 e. The molecular formula is C21H23F2NO3. The zero-order valence-electron chi connectivity index (χ0n) is 14.9. The second kappa shape index (κ2) is 7.44. The lowest BCUT2D eigenvalue weighted by molar-refractivity contribution is 0.116. The quantitative estimate of drug-likeness (QED) is 0.840. The Balaban J connectivity index is 1.29. The molecule has 27 heavy (non-hydrogen) atoms. The van der Waals surface area contributed by atoms with Crippen LogP contribution < -0.4 is 4.74 Å². The summed E-state index contributed by atoms with van der Waals surface area (Å²) >= 11 is 0. The predicted octanol–water partition coefficient (Wildman–Crippen LogP) is 3.49. The second-order valence-electron chi connectivity index (χ2n) is 7.63. The Morgan fingerprint density at radius 3 is 2.33 bits per heavy atom. The zero-order chi connectivity index (χ0) is 19.0. The molecule has 4 atom stereocenters. The second-order valence-corrected chi connectivity index (χ2v) is 7.63. The van der Waals surface area contributed by atoms with Crippen molar-refractivity contribution in [2.45, 2.75) is 25.0 Å². The first-order chi connectivity index (χ1) is 13.0. The van der Waals surface area contributed by atoms with E-state index in [-0.39, 0.29) is 11.9 Å². The van der Waals surface area contributed by atoms with Crippen LogP contribution in [0, 0.1) is 23.5 Å². The van der Waals surface area contributed by atoms with E-state index in [1.807, 2.05) is 0 Å². The molecule has 144 valence electrons. The highest BCUT2D eigenvalue weighted by molar-refractivity contribution is 5.29. The van der Waals surface area contributed by atoms with Gasteiger partial charge in [-0.15, -0.1) is 0 Å². The van der Waals surface area contributed by atoms with E-state index in [2.05, 4.69) is 4.90 Å². The van der Waals surface area contributed by atoms with E-state index >= 15 is 0 Å². The third kappa shape index (κ3) is 4.06. The number of likely N-dealkylation sites (tertiary alicyclic amines) is 1. The Hall–Kier alpha value is -2.18. The van der Waals surface area contributed by atoms with E-state index in [0.717, 1.165) is 25.9 Å². The SMILES string of the molecule is Oc1ccc(C(O)CN2C[C@H]3C[C@@H](Oc4ccc(F)cc4)C[C@H]3C2)cc1F. The largest absolute Gasteiger partial charge is 0.505 e. The van der Waals surface area contributed by atoms with Crippen LogP contribution in [0.25, 0.3) is 0 Å². The molecule has 1 aliphatic carbocycles. The molecule has 0 bridgehead atoms. The van der Waals surface area contributed by atoms with Crippen LogP contribution in [0.2, 0.25) is 0 Å². The van der Waals surface area contributed by atoms with Crippen molar-refractivity contribution in [1.82, 2.24) is 4.90 Å². The van der Waals surface area contributed by atoms with Gasteiger partial charge in [-0.05, 0) is 66.6 Å². The fourth-order valence-electron chi connectivity index (χ4n) is 4.37. The molecule has 1 saturated heterocycles. The van der Waals surface area contributed by atoms with Gasteiger partial charge >= 0.3 is 0 Å². The van der Waals surface area contributed by atoms with Crippen molar-refractivity contribution in [3.05, 3.63) is 59.7 Å². The van der Waals surface area contributed by atoms with Crippen molar-refractivity contribution in [2.75, 3.05) is 19.6 Å². The number of halogens is 2. The molecule has 4 rings (SSSR count). The maximum absolute atomic E-state index is 13.5. The van der Waals surface area contributed by atoms with E-state index in [4.69, 9.17) is 4.74 Å². The molecule has 1 heterocycles. The Labute approximate surface area is 157 Å². The molecule has 6 heteroatoms. The van der Waals surface area contributed by atoms with Gasteiger partial charge in [-0.25, -0.2) is 8.78 Å². The van der Waals surface area contributed by atoms with Crippen LogP contribution in [-0.2, 0) is 0 Å². The lowest BCUT2D eigenvalue weighted by Crippen LogP contribution is -2.29. The molecule has 0 spiro atoms. The van der Waals surface area contributed by atoms with Crippen molar-refractivity contribution >= 4 is 0 Å². The summed E-state index contributed by atoms with van der Waals surface area (Å²) in [5.41, 5.74) is 0.472. The van der Waals surface area contributed by atoms with Gasteiger partial charge in [0.1, 0.15) is 11.6 Å². The smallest absolute Gasteiger partial charge is 0.165 e. The van der Waals surface area contributed by atoms with Crippen molar-refractivity contribution in [2.24, 2.45) is 11.8 Å². The first-order valence-electron chi connectivity index (χ1n) is 9.29. The van der Waals surface area contributed by atoms with Crippen molar-refractivity contribution in [1.29, 1.82) is 0 Å². The van der Waals surface area contributed by atoms with Gasteiger partial charge in [0.25, 0.3) is 0 Å². The average Bonchev–Trinajstić information content (AvgIpc) is 3.17. The van der Waals surface area contributed by atoms with Gasteiger partial charge in [0.2, 0.25) is 0 Å². The summed E-state index contributed by atoms with van der Waals surface area (Å²) in [4.78, 5) is 2.21. The van der Waals surface area contributed by atoms with Gasteiger partial charge in [0.15, 0.2) is 11.6 Å². The number of phenols is 1. The maximum atomic E-state index is 13.5. The summed E-state index contributed by atoms with van der Waals surface area (Å²) < 4.78 is 32.4. The molecule has 1 unspecified atom stereocenters. The summed E-state index contributed by atoms with van der Waals surface area (Å²) in [6.07, 6.45) is 1.25. The summed E-state index contributed by atoms with van der Waals surface area (Å²) in [6, 6.07) is 10.1. The van der Waals surface area contributed by atoms with Gasteiger partial charge < -0.3 is 14.9 Å². The zero-order valence-corrected chi connectivity index (χ0v) is 14.9. The number of benzene rings is 2. The molecule has 0 amide bonds. The molecule has 2 aliphatic rings. The predicted molar refractivity (Wildman–Crippen MR) is 96.5 cm³/mol. The van der Waals surface area contributed by atoms with Gasteiger partial charge in [0, 0.05) is 19.6 Å². The molecule has 0 radical (unpaired) electrons. The van der Waals surface area contributed by atoms with Crippen LogP contribution in [-0.4, -0.2) is 40.9 Å². The van der Waals surface area contributed by atoms with Crippen molar-refractivity contribution < 1.29 is 23.7 Å². The highest BCUT2D eigenvalue weighted by Crippen LogP contribution is 2.40. The molecule has 2 fully saturated rings. The fourth-order valence-corrected chi connectivity index (χ4v) is 4.37. The molecule has 2 aromatic rings. The van der Waals surface area contributed by atoms with Gasteiger partial charge in [-0.3, -0.25) is 4.90 Å². The van der Waals surface area contributed by atoms with Crippen LogP contribution in [0.4, 0.5) is 8.78 Å². The van der Waals surface area contributed by atoms with Gasteiger partial charge in [-0.1, -0.05) is 6.07 Å². The number of rotatable bonds is 5. The molecule has 0 aromatic heterocycles. The number of phenolic OH excluding ortho intramolecular Hbond substituents is 1. The fraction of sp³-hybridized carbons (Fsp3) is 0.429. The lowest BCUT2D eigenvalue weighted by atomic mass is 10.0. The van der Waals surface area contributed by atoms with Gasteiger partial charge in [0.05, 0.1) is 12.2 Å². The van der Waals surface area contributed by atoms with Crippen LogP contribution in [0.15, 0.2) is 42.5 Å². The summed E-state index contributed by atoms with van der Waals surface area (Å²) in [7, 11) is 0. The number of hydrogen-bond donors (Lipinski definition) is 2. The number of nitrogens with zero attached hydrogens (tertiary/aromatic N) is 1. The van der Waals surface area contributed by atoms with Crippen LogP contribution in [0.1, 0.15) is 24.5 Å². The van der Waals surface area contributed by atoms with Crippen molar-refractivity contribution in [3.63, 3.8) is 0 Å². The molecule has 4 nitrogen and oxygen atoms in total. The monoisotopic (exact) mass is 375 g/mol. The number of ether oxygens (including phenoxy) is 1.